The molecule has 19 heavy (non-hydrogen) atoms. The van der Waals surface area contributed by atoms with E-state index in [0.29, 0.717) is 0 Å². The van der Waals surface area contributed by atoms with Gasteiger partial charge in [-0.1, -0.05) is 43.7 Å². The summed E-state index contributed by atoms with van der Waals surface area (Å²) in [5.41, 5.74) is 5.26. The lowest BCUT2D eigenvalue weighted by molar-refractivity contribution is -0.126. The second-order valence-electron chi connectivity index (χ2n) is 5.95. The summed E-state index contributed by atoms with van der Waals surface area (Å²) in [5.74, 6) is 0.373. The van der Waals surface area contributed by atoms with Crippen LogP contribution < -0.4 is 11.1 Å². The van der Waals surface area contributed by atoms with Gasteiger partial charge in [-0.05, 0) is 25.7 Å². The molecule has 0 unspecified atom stereocenters. The van der Waals surface area contributed by atoms with Crippen molar-refractivity contribution in [3.05, 3.63) is 0 Å². The average molecular weight is 267 g/mol. The van der Waals surface area contributed by atoms with E-state index in [2.05, 4.69) is 10.5 Å². The molecule has 0 aromatic rings. The monoisotopic (exact) mass is 267 g/mol. The van der Waals surface area contributed by atoms with Gasteiger partial charge in [-0.3, -0.25) is 4.79 Å². The van der Waals surface area contributed by atoms with Gasteiger partial charge in [0.25, 0.3) is 0 Å². The molecule has 2 aliphatic carbocycles. The molecule has 0 atom stereocenters. The van der Waals surface area contributed by atoms with E-state index in [9.17, 15) is 4.79 Å². The zero-order valence-electron chi connectivity index (χ0n) is 11.5. The van der Waals surface area contributed by atoms with Crippen LogP contribution in [-0.2, 0) is 4.79 Å². The molecule has 0 saturated heterocycles. The zero-order chi connectivity index (χ0) is 13.7. The van der Waals surface area contributed by atoms with Crippen molar-refractivity contribution in [2.45, 2.75) is 69.7 Å². The second-order valence-corrected chi connectivity index (χ2v) is 5.95. The van der Waals surface area contributed by atoms with Crippen molar-refractivity contribution in [3.63, 3.8) is 0 Å². The van der Waals surface area contributed by atoms with Gasteiger partial charge in [-0.25, -0.2) is 0 Å². The summed E-state index contributed by atoms with van der Waals surface area (Å²) in [6.45, 7) is 0. The van der Waals surface area contributed by atoms with Crippen molar-refractivity contribution in [1.29, 1.82) is 0 Å². The third-order valence-electron chi connectivity index (χ3n) is 4.64. The van der Waals surface area contributed by atoms with Crippen molar-refractivity contribution in [2.75, 3.05) is 0 Å². The molecule has 2 rings (SSSR count). The maximum Gasteiger partial charge on any atom is 0.223 e. The molecule has 2 fully saturated rings. The normalized spacial score (nSPS) is 24.9. The molecule has 0 aromatic carbocycles. The van der Waals surface area contributed by atoms with Crippen LogP contribution >= 0.6 is 0 Å². The van der Waals surface area contributed by atoms with Crippen LogP contribution in [-0.4, -0.2) is 22.5 Å². The van der Waals surface area contributed by atoms with Gasteiger partial charge < -0.3 is 16.3 Å². The lowest BCUT2D eigenvalue weighted by atomic mass is 9.88. The third kappa shape index (κ3) is 3.19. The molecule has 0 radical (unpaired) electrons. The lowest BCUT2D eigenvalue weighted by Crippen LogP contribution is -2.58. The molecule has 1 amide bonds. The summed E-state index contributed by atoms with van der Waals surface area (Å²) in [7, 11) is 0. The van der Waals surface area contributed by atoms with Gasteiger partial charge in [0.1, 0.15) is 5.54 Å². The summed E-state index contributed by atoms with van der Waals surface area (Å²) in [5, 5.41) is 15.3. The van der Waals surface area contributed by atoms with E-state index >= 15 is 0 Å². The van der Waals surface area contributed by atoms with Crippen molar-refractivity contribution >= 4 is 11.7 Å². The molecule has 0 aromatic heterocycles. The first-order chi connectivity index (χ1) is 9.18. The van der Waals surface area contributed by atoms with Gasteiger partial charge in [-0.15, -0.1) is 0 Å². The Kier molecular flexibility index (Phi) is 4.66. The first kappa shape index (κ1) is 14.2. The van der Waals surface area contributed by atoms with Gasteiger partial charge in [0.15, 0.2) is 5.84 Å². The standard InChI is InChI=1S/C14H25N3O2/c15-13(17-19)14(9-5-1-2-6-10-14)16-12(18)11-7-3-4-8-11/h11,19H,1-10H2,(H2,15,17)(H,16,18). The largest absolute Gasteiger partial charge is 0.409 e. The van der Waals surface area contributed by atoms with Crippen molar-refractivity contribution in [2.24, 2.45) is 16.8 Å². The molecule has 108 valence electrons. The van der Waals surface area contributed by atoms with Crippen molar-refractivity contribution < 1.29 is 10.0 Å². The number of carbonyl (C=O) groups excluding carboxylic acids is 1. The van der Waals surface area contributed by atoms with E-state index in [4.69, 9.17) is 10.9 Å². The van der Waals surface area contributed by atoms with Crippen LogP contribution in [0.1, 0.15) is 64.2 Å². The van der Waals surface area contributed by atoms with Gasteiger partial charge >= 0.3 is 0 Å². The predicted molar refractivity (Wildman–Crippen MR) is 73.9 cm³/mol. The number of hydrogen-bond donors (Lipinski definition) is 3. The molecular formula is C14H25N3O2. The quantitative estimate of drug-likeness (QED) is 0.241. The summed E-state index contributed by atoms with van der Waals surface area (Å²) in [4.78, 5) is 12.3. The first-order valence-corrected chi connectivity index (χ1v) is 7.48. The molecule has 5 heteroatoms. The Hall–Kier alpha value is -1.26. The van der Waals surface area contributed by atoms with Gasteiger partial charge in [0.2, 0.25) is 5.91 Å². The SMILES string of the molecule is N/C(=N/O)C1(NC(=O)C2CCCC2)CCCCCC1. The molecule has 0 heterocycles. The summed E-state index contributed by atoms with van der Waals surface area (Å²) in [6, 6.07) is 0. The van der Waals surface area contributed by atoms with Crippen LogP contribution in [0.4, 0.5) is 0 Å². The van der Waals surface area contributed by atoms with Crippen LogP contribution in [0.15, 0.2) is 5.16 Å². The number of hydrogen-bond acceptors (Lipinski definition) is 3. The number of nitrogens with zero attached hydrogens (tertiary/aromatic N) is 1. The highest BCUT2D eigenvalue weighted by molar-refractivity contribution is 5.94. The van der Waals surface area contributed by atoms with E-state index < -0.39 is 5.54 Å². The van der Waals surface area contributed by atoms with Gasteiger partial charge in [0, 0.05) is 5.92 Å². The van der Waals surface area contributed by atoms with Gasteiger partial charge in [-0.2, -0.15) is 0 Å². The molecule has 0 spiro atoms. The Balaban J connectivity index is 2.10. The van der Waals surface area contributed by atoms with E-state index in [0.717, 1.165) is 64.2 Å². The maximum absolute atomic E-state index is 12.3. The minimum absolute atomic E-state index is 0.0889. The highest BCUT2D eigenvalue weighted by atomic mass is 16.4. The summed E-state index contributed by atoms with van der Waals surface area (Å²) in [6.07, 6.45) is 10.1. The van der Waals surface area contributed by atoms with E-state index in [1.54, 1.807) is 0 Å². The fourth-order valence-electron chi connectivity index (χ4n) is 3.40. The molecule has 2 aliphatic rings. The predicted octanol–water partition coefficient (Wildman–Crippen LogP) is 2.13. The molecule has 4 N–H and O–H groups in total. The fourth-order valence-corrected chi connectivity index (χ4v) is 3.40. The van der Waals surface area contributed by atoms with E-state index in [1.165, 1.54) is 0 Å². The Morgan fingerprint density at radius 3 is 2.21 bits per heavy atom. The van der Waals surface area contributed by atoms with E-state index in [1.807, 2.05) is 0 Å². The molecule has 0 bridgehead atoms. The Bertz CT molecular complexity index is 341. The minimum Gasteiger partial charge on any atom is -0.409 e. The van der Waals surface area contributed by atoms with Crippen molar-refractivity contribution in [3.8, 4) is 0 Å². The Labute approximate surface area is 114 Å². The zero-order valence-corrected chi connectivity index (χ0v) is 11.5. The first-order valence-electron chi connectivity index (χ1n) is 7.48. The molecule has 5 nitrogen and oxygen atoms in total. The molecule has 0 aliphatic heterocycles. The Morgan fingerprint density at radius 2 is 1.68 bits per heavy atom. The van der Waals surface area contributed by atoms with Crippen LogP contribution in [0.3, 0.4) is 0 Å². The fraction of sp³-hybridized carbons (Fsp3) is 0.857. The smallest absolute Gasteiger partial charge is 0.223 e. The van der Waals surface area contributed by atoms with Crippen LogP contribution in [0.2, 0.25) is 0 Å². The third-order valence-corrected chi connectivity index (χ3v) is 4.64. The van der Waals surface area contributed by atoms with Gasteiger partial charge in [0.05, 0.1) is 0 Å². The number of amidine groups is 1. The number of rotatable bonds is 3. The number of oxime groups is 1. The number of carbonyl (C=O) groups is 1. The highest BCUT2D eigenvalue weighted by Gasteiger charge is 2.38. The summed E-state index contributed by atoms with van der Waals surface area (Å²) >= 11 is 0. The topological polar surface area (TPSA) is 87.7 Å². The summed E-state index contributed by atoms with van der Waals surface area (Å²) < 4.78 is 0. The molecule has 2 saturated carbocycles. The minimum atomic E-state index is -0.620. The Morgan fingerprint density at radius 1 is 1.11 bits per heavy atom. The highest BCUT2D eigenvalue weighted by Crippen LogP contribution is 2.30. The average Bonchev–Trinajstić information content (AvgIpc) is 2.86. The number of nitrogens with two attached hydrogens (primary N) is 1. The number of amides is 1. The van der Waals surface area contributed by atoms with Crippen molar-refractivity contribution in [1.82, 2.24) is 5.32 Å². The molecular weight excluding hydrogens is 242 g/mol. The second kappa shape index (κ2) is 6.26. The maximum atomic E-state index is 12.3. The lowest BCUT2D eigenvalue weighted by Gasteiger charge is -2.33. The van der Waals surface area contributed by atoms with Crippen LogP contribution in [0.25, 0.3) is 0 Å². The number of nitrogens with one attached hydrogen (secondary N) is 1. The van der Waals surface area contributed by atoms with Crippen LogP contribution in [0, 0.1) is 5.92 Å². The van der Waals surface area contributed by atoms with Crippen LogP contribution in [0.5, 0.6) is 0 Å². The van der Waals surface area contributed by atoms with E-state index in [-0.39, 0.29) is 17.7 Å².